The fraction of sp³-hybridized carbons (Fsp3) is 0.346. The van der Waals surface area contributed by atoms with Crippen LogP contribution in [0, 0.1) is 5.92 Å². The molecule has 0 radical (unpaired) electrons. The Hall–Kier alpha value is -3.41. The topological polar surface area (TPSA) is 77.0 Å². The normalized spacial score (nSPS) is 20.3. The maximum Gasteiger partial charge on any atom is 0.254 e. The molecule has 1 unspecified atom stereocenters. The molecule has 2 aromatic rings. The van der Waals surface area contributed by atoms with Gasteiger partial charge in [0.1, 0.15) is 17.3 Å². The van der Waals surface area contributed by atoms with Crippen LogP contribution in [0.3, 0.4) is 0 Å². The SMILES string of the molecule is CCOc1ccc([C@@H]2C(C(=O)Nc3ccccc3OC)=C(C)N=C3CCCC(=O)C32)cc1. The van der Waals surface area contributed by atoms with Crippen molar-refractivity contribution in [2.45, 2.75) is 39.0 Å². The standard InChI is InChI=1S/C26H28N2O4/c1-4-32-18-14-12-17(13-15-18)24-23(16(2)27-20-9-7-10-21(29)25(20)24)26(30)28-19-8-5-6-11-22(19)31-3/h5-6,8,11-15,24-25H,4,7,9-10H2,1-3H3,(H,28,30)/t24-,25?/m1/s1. The number of methoxy groups -OCH3 is 1. The van der Waals surface area contributed by atoms with Crippen molar-refractivity contribution in [3.63, 3.8) is 0 Å². The number of hydrogen-bond acceptors (Lipinski definition) is 5. The van der Waals surface area contributed by atoms with Gasteiger partial charge in [-0.1, -0.05) is 24.3 Å². The summed E-state index contributed by atoms with van der Waals surface area (Å²) in [7, 11) is 1.57. The maximum atomic E-state index is 13.6. The van der Waals surface area contributed by atoms with Crippen LogP contribution in [0.4, 0.5) is 5.69 Å². The third kappa shape index (κ3) is 4.17. The molecule has 1 aliphatic carbocycles. The number of nitrogens with one attached hydrogen (secondary N) is 1. The van der Waals surface area contributed by atoms with Crippen LogP contribution in [0.15, 0.2) is 64.8 Å². The summed E-state index contributed by atoms with van der Waals surface area (Å²) < 4.78 is 11.0. The molecular weight excluding hydrogens is 404 g/mol. The molecule has 0 bridgehead atoms. The highest BCUT2D eigenvalue weighted by atomic mass is 16.5. The van der Waals surface area contributed by atoms with Crippen LogP contribution in [0.5, 0.6) is 11.5 Å². The molecule has 4 rings (SSSR count). The molecule has 2 aromatic carbocycles. The van der Waals surface area contributed by atoms with E-state index in [1.807, 2.05) is 50.2 Å². The molecule has 0 spiro atoms. The van der Waals surface area contributed by atoms with E-state index in [4.69, 9.17) is 14.5 Å². The zero-order valence-electron chi connectivity index (χ0n) is 18.7. The number of Topliss-reactive ketones (excluding diaryl/α,β-unsaturated/α-hetero) is 1. The number of rotatable bonds is 6. The highest BCUT2D eigenvalue weighted by Gasteiger charge is 2.43. The lowest BCUT2D eigenvalue weighted by Gasteiger charge is -2.36. The fourth-order valence-corrected chi connectivity index (χ4v) is 4.65. The Morgan fingerprint density at radius 2 is 1.84 bits per heavy atom. The van der Waals surface area contributed by atoms with E-state index in [0.29, 0.717) is 35.7 Å². The summed E-state index contributed by atoms with van der Waals surface area (Å²) in [6, 6.07) is 15.0. The largest absolute Gasteiger partial charge is 0.495 e. The van der Waals surface area contributed by atoms with Crippen molar-refractivity contribution in [3.8, 4) is 11.5 Å². The molecule has 32 heavy (non-hydrogen) atoms. The number of nitrogens with zero attached hydrogens (tertiary/aromatic N) is 1. The Morgan fingerprint density at radius 1 is 1.09 bits per heavy atom. The molecular formula is C26H28N2O4. The number of amides is 1. The van der Waals surface area contributed by atoms with Gasteiger partial charge >= 0.3 is 0 Å². The van der Waals surface area contributed by atoms with E-state index >= 15 is 0 Å². The first-order valence-electron chi connectivity index (χ1n) is 11.0. The number of carbonyl (C=O) groups is 2. The van der Waals surface area contributed by atoms with Gasteiger partial charge in [0.25, 0.3) is 5.91 Å². The van der Waals surface area contributed by atoms with Gasteiger partial charge in [0.15, 0.2) is 0 Å². The highest BCUT2D eigenvalue weighted by molar-refractivity contribution is 6.14. The van der Waals surface area contributed by atoms with E-state index in [2.05, 4.69) is 5.32 Å². The molecule has 166 valence electrons. The van der Waals surface area contributed by atoms with E-state index in [1.165, 1.54) is 0 Å². The summed E-state index contributed by atoms with van der Waals surface area (Å²) in [5.74, 6) is 0.405. The number of allylic oxidation sites excluding steroid dienone is 1. The minimum absolute atomic E-state index is 0.143. The van der Waals surface area contributed by atoms with Crippen molar-refractivity contribution in [1.82, 2.24) is 0 Å². The minimum Gasteiger partial charge on any atom is -0.495 e. The zero-order chi connectivity index (χ0) is 22.7. The second-order valence-corrected chi connectivity index (χ2v) is 8.03. The van der Waals surface area contributed by atoms with Gasteiger partial charge in [-0.25, -0.2) is 0 Å². The number of fused-ring (bicyclic) bond motifs is 1. The smallest absolute Gasteiger partial charge is 0.254 e. The second-order valence-electron chi connectivity index (χ2n) is 8.03. The number of aliphatic imine (C=N–C) groups is 1. The van der Waals surface area contributed by atoms with Crippen LogP contribution in [-0.2, 0) is 9.59 Å². The molecule has 1 amide bonds. The molecule has 1 N–H and O–H groups in total. The van der Waals surface area contributed by atoms with Gasteiger partial charge in [0, 0.05) is 29.3 Å². The van der Waals surface area contributed by atoms with E-state index in [1.54, 1.807) is 19.2 Å². The van der Waals surface area contributed by atoms with Crippen LogP contribution in [-0.4, -0.2) is 31.1 Å². The van der Waals surface area contributed by atoms with Crippen LogP contribution < -0.4 is 14.8 Å². The lowest BCUT2D eigenvalue weighted by atomic mass is 9.69. The molecule has 0 aromatic heterocycles. The molecule has 2 aliphatic rings. The second kappa shape index (κ2) is 9.39. The van der Waals surface area contributed by atoms with Crippen molar-refractivity contribution < 1.29 is 19.1 Å². The number of hydrogen-bond donors (Lipinski definition) is 1. The number of ketones is 1. The summed E-state index contributed by atoms with van der Waals surface area (Å²) in [5.41, 5.74) is 3.54. The summed E-state index contributed by atoms with van der Waals surface area (Å²) in [4.78, 5) is 31.3. The molecule has 1 saturated carbocycles. The van der Waals surface area contributed by atoms with Crippen LogP contribution in [0.25, 0.3) is 0 Å². The van der Waals surface area contributed by atoms with Gasteiger partial charge in [-0.2, -0.15) is 0 Å². The average molecular weight is 433 g/mol. The summed E-state index contributed by atoms with van der Waals surface area (Å²) in [6.45, 7) is 4.36. The van der Waals surface area contributed by atoms with E-state index in [0.717, 1.165) is 29.9 Å². The Labute approximate surface area is 188 Å². The van der Waals surface area contributed by atoms with Gasteiger partial charge in [-0.05, 0) is 56.5 Å². The number of anilines is 1. The first-order chi connectivity index (χ1) is 15.5. The lowest BCUT2D eigenvalue weighted by molar-refractivity contribution is -0.122. The van der Waals surface area contributed by atoms with Gasteiger partial charge in [0.05, 0.1) is 25.3 Å². The van der Waals surface area contributed by atoms with Crippen molar-refractivity contribution in [1.29, 1.82) is 0 Å². The Bertz CT molecular complexity index is 1090. The van der Waals surface area contributed by atoms with Crippen molar-refractivity contribution in [2.24, 2.45) is 10.9 Å². The Kier molecular flexibility index (Phi) is 6.40. The number of carbonyl (C=O) groups excluding carboxylic acids is 2. The van der Waals surface area contributed by atoms with E-state index in [9.17, 15) is 9.59 Å². The summed E-state index contributed by atoms with van der Waals surface area (Å²) in [6.07, 6.45) is 2.10. The van der Waals surface area contributed by atoms with E-state index < -0.39 is 5.92 Å². The summed E-state index contributed by atoms with van der Waals surface area (Å²) in [5, 5.41) is 2.98. The summed E-state index contributed by atoms with van der Waals surface area (Å²) >= 11 is 0. The molecule has 6 heteroatoms. The van der Waals surface area contributed by atoms with Crippen molar-refractivity contribution in [2.75, 3.05) is 19.0 Å². The average Bonchev–Trinajstić information content (AvgIpc) is 2.79. The molecule has 1 heterocycles. The van der Waals surface area contributed by atoms with E-state index in [-0.39, 0.29) is 17.6 Å². The third-order valence-corrected chi connectivity index (χ3v) is 6.06. The minimum atomic E-state index is -0.413. The van der Waals surface area contributed by atoms with Crippen molar-refractivity contribution in [3.05, 3.63) is 65.4 Å². The molecule has 1 aliphatic heterocycles. The Balaban J connectivity index is 1.76. The van der Waals surface area contributed by atoms with Crippen LogP contribution in [0.1, 0.15) is 44.6 Å². The van der Waals surface area contributed by atoms with Gasteiger partial charge in [0.2, 0.25) is 0 Å². The van der Waals surface area contributed by atoms with Crippen LogP contribution >= 0.6 is 0 Å². The maximum absolute atomic E-state index is 13.6. The first-order valence-corrected chi connectivity index (χ1v) is 11.0. The first kappa shape index (κ1) is 21.8. The molecule has 2 atom stereocenters. The van der Waals surface area contributed by atoms with Crippen molar-refractivity contribution >= 4 is 23.1 Å². The Morgan fingerprint density at radius 3 is 2.56 bits per heavy atom. The van der Waals surface area contributed by atoms with Gasteiger partial charge < -0.3 is 14.8 Å². The number of para-hydroxylation sites is 2. The predicted octanol–water partition coefficient (Wildman–Crippen LogP) is 4.91. The highest BCUT2D eigenvalue weighted by Crippen LogP contribution is 2.43. The lowest BCUT2D eigenvalue weighted by Crippen LogP contribution is -2.39. The fourth-order valence-electron chi connectivity index (χ4n) is 4.65. The predicted molar refractivity (Wildman–Crippen MR) is 124 cm³/mol. The number of ether oxygens (including phenoxy) is 2. The van der Waals surface area contributed by atoms with Gasteiger partial charge in [-0.15, -0.1) is 0 Å². The van der Waals surface area contributed by atoms with Crippen LogP contribution in [0.2, 0.25) is 0 Å². The third-order valence-electron chi connectivity index (χ3n) is 6.06. The molecule has 1 fully saturated rings. The van der Waals surface area contributed by atoms with Gasteiger partial charge in [-0.3, -0.25) is 14.6 Å². The number of benzene rings is 2. The molecule has 0 saturated heterocycles. The monoisotopic (exact) mass is 432 g/mol. The molecule has 6 nitrogen and oxygen atoms in total. The zero-order valence-corrected chi connectivity index (χ0v) is 18.7. The quantitative estimate of drug-likeness (QED) is 0.703.